The van der Waals surface area contributed by atoms with Crippen LogP contribution >= 0.6 is 0 Å². The second-order valence-electron chi connectivity index (χ2n) is 8.34. The molecule has 1 aliphatic heterocycles. The average molecular weight is 477 g/mol. The molecule has 182 valence electrons. The third-order valence-corrected chi connectivity index (χ3v) is 5.74. The Morgan fingerprint density at radius 3 is 2.86 bits per heavy atom. The number of anilines is 4. The quantitative estimate of drug-likeness (QED) is 0.194. The molecule has 12 nitrogen and oxygen atoms in total. The van der Waals surface area contributed by atoms with E-state index in [1.807, 2.05) is 12.1 Å². The minimum atomic E-state index is 0.251. The summed E-state index contributed by atoms with van der Waals surface area (Å²) in [6, 6.07) is 5.70. The molecule has 0 radical (unpaired) electrons. The summed E-state index contributed by atoms with van der Waals surface area (Å²) in [4.78, 5) is 24.6. The van der Waals surface area contributed by atoms with E-state index in [2.05, 4.69) is 47.3 Å². The topological polar surface area (TPSA) is 152 Å². The van der Waals surface area contributed by atoms with Crippen LogP contribution in [0.4, 0.5) is 23.4 Å². The SMILES string of the molecule is C=C(/C=C(/CNc1nc(Nc2cc(C3CC3)[nH]n2)cc(N2CCOCC2)n1)ON)c1ccncn1. The van der Waals surface area contributed by atoms with Crippen LogP contribution in [-0.2, 0) is 9.57 Å². The number of H-pyrrole nitrogens is 1. The summed E-state index contributed by atoms with van der Waals surface area (Å²) in [6.07, 6.45) is 7.22. The number of rotatable bonds is 10. The Morgan fingerprint density at radius 1 is 1.26 bits per heavy atom. The number of nitrogens with two attached hydrogens (primary N) is 1. The summed E-state index contributed by atoms with van der Waals surface area (Å²) in [6.45, 7) is 7.08. The fourth-order valence-electron chi connectivity index (χ4n) is 3.71. The molecule has 1 aliphatic carbocycles. The maximum atomic E-state index is 5.50. The van der Waals surface area contributed by atoms with E-state index in [0.717, 1.165) is 30.4 Å². The summed E-state index contributed by atoms with van der Waals surface area (Å²) in [5.41, 5.74) is 2.47. The highest BCUT2D eigenvalue weighted by atomic mass is 16.6. The molecule has 0 bridgehead atoms. The minimum absolute atomic E-state index is 0.251. The lowest BCUT2D eigenvalue weighted by molar-refractivity contribution is 0.122. The van der Waals surface area contributed by atoms with Crippen LogP contribution in [0.2, 0.25) is 0 Å². The number of ether oxygens (including phenoxy) is 1. The van der Waals surface area contributed by atoms with E-state index in [-0.39, 0.29) is 6.54 Å². The molecule has 0 aromatic carbocycles. The normalized spacial score (nSPS) is 16.1. The predicted octanol–water partition coefficient (Wildman–Crippen LogP) is 2.35. The van der Waals surface area contributed by atoms with Gasteiger partial charge in [0.2, 0.25) is 5.95 Å². The van der Waals surface area contributed by atoms with Gasteiger partial charge in [0.1, 0.15) is 23.7 Å². The monoisotopic (exact) mass is 476 g/mol. The third-order valence-electron chi connectivity index (χ3n) is 5.74. The predicted molar refractivity (Wildman–Crippen MR) is 132 cm³/mol. The molecule has 1 saturated heterocycles. The fourth-order valence-corrected chi connectivity index (χ4v) is 3.71. The van der Waals surface area contributed by atoms with E-state index in [0.29, 0.717) is 47.9 Å². The molecular formula is C23H28N10O2. The standard InChI is InChI=1S/C23H28N10O2/c1-15(18-4-5-25-14-27-18)10-17(35-24)13-26-23-29-20(12-22(30-23)33-6-8-34-9-7-33)28-21-11-19(31-32-21)16-2-3-16/h4-5,10-12,14,16H,1-3,6-9,13,24H2,(H3,26,28,29,30,31,32)/b17-10-. The summed E-state index contributed by atoms with van der Waals surface area (Å²) < 4.78 is 5.49. The van der Waals surface area contributed by atoms with E-state index >= 15 is 0 Å². The Labute approximate surface area is 202 Å². The van der Waals surface area contributed by atoms with Gasteiger partial charge in [-0.05, 0) is 30.6 Å². The highest BCUT2D eigenvalue weighted by Crippen LogP contribution is 2.39. The van der Waals surface area contributed by atoms with Gasteiger partial charge in [-0.15, -0.1) is 0 Å². The van der Waals surface area contributed by atoms with Crippen LogP contribution in [0, 0.1) is 0 Å². The molecule has 0 spiro atoms. The van der Waals surface area contributed by atoms with Gasteiger partial charge < -0.3 is 25.1 Å². The minimum Gasteiger partial charge on any atom is -0.414 e. The number of nitrogens with zero attached hydrogens (tertiary/aromatic N) is 6. The lowest BCUT2D eigenvalue weighted by Gasteiger charge is -2.28. The number of aromatic amines is 1. The van der Waals surface area contributed by atoms with Crippen LogP contribution < -0.4 is 21.4 Å². The van der Waals surface area contributed by atoms with Gasteiger partial charge in [-0.1, -0.05) is 6.58 Å². The lowest BCUT2D eigenvalue weighted by Crippen LogP contribution is -2.37. The molecule has 5 rings (SSSR count). The average Bonchev–Trinajstić information content (AvgIpc) is 3.66. The highest BCUT2D eigenvalue weighted by molar-refractivity contribution is 5.69. The van der Waals surface area contributed by atoms with E-state index in [9.17, 15) is 0 Å². The molecule has 5 N–H and O–H groups in total. The Kier molecular flexibility index (Phi) is 6.82. The first kappa shape index (κ1) is 22.7. The van der Waals surface area contributed by atoms with Gasteiger partial charge in [-0.3, -0.25) is 5.10 Å². The first-order valence-corrected chi connectivity index (χ1v) is 11.5. The Morgan fingerprint density at radius 2 is 2.11 bits per heavy atom. The second-order valence-corrected chi connectivity index (χ2v) is 8.34. The van der Waals surface area contributed by atoms with Gasteiger partial charge in [0.05, 0.1) is 25.5 Å². The lowest BCUT2D eigenvalue weighted by atomic mass is 10.2. The first-order valence-electron chi connectivity index (χ1n) is 11.5. The molecule has 0 unspecified atom stereocenters. The van der Waals surface area contributed by atoms with Gasteiger partial charge in [0, 0.05) is 43.0 Å². The second kappa shape index (κ2) is 10.5. The Bertz CT molecular complexity index is 1190. The maximum Gasteiger partial charge on any atom is 0.227 e. The highest BCUT2D eigenvalue weighted by Gasteiger charge is 2.25. The zero-order chi connectivity index (χ0) is 24.0. The van der Waals surface area contributed by atoms with Crippen LogP contribution in [0.15, 0.2) is 49.1 Å². The van der Waals surface area contributed by atoms with Crippen molar-refractivity contribution in [3.8, 4) is 0 Å². The summed E-state index contributed by atoms with van der Waals surface area (Å²) in [7, 11) is 0. The summed E-state index contributed by atoms with van der Waals surface area (Å²) in [5.74, 6) is 9.10. The van der Waals surface area contributed by atoms with E-state index in [4.69, 9.17) is 20.5 Å². The number of hydrogen-bond donors (Lipinski definition) is 4. The van der Waals surface area contributed by atoms with Crippen LogP contribution in [0.5, 0.6) is 0 Å². The molecule has 3 aromatic rings. The number of hydrogen-bond acceptors (Lipinski definition) is 11. The number of allylic oxidation sites excluding steroid dienone is 2. The van der Waals surface area contributed by atoms with Gasteiger partial charge in [0.25, 0.3) is 0 Å². The van der Waals surface area contributed by atoms with E-state index < -0.39 is 0 Å². The van der Waals surface area contributed by atoms with Crippen LogP contribution in [-0.4, -0.2) is 63.0 Å². The molecule has 4 heterocycles. The van der Waals surface area contributed by atoms with Crippen LogP contribution in [0.1, 0.15) is 30.1 Å². The van der Waals surface area contributed by atoms with E-state index in [1.54, 1.807) is 18.3 Å². The van der Waals surface area contributed by atoms with Crippen molar-refractivity contribution in [2.24, 2.45) is 5.90 Å². The third kappa shape index (κ3) is 5.91. The van der Waals surface area contributed by atoms with Crippen molar-refractivity contribution in [1.82, 2.24) is 30.1 Å². The summed E-state index contributed by atoms with van der Waals surface area (Å²) in [5, 5.41) is 14.0. The Balaban J connectivity index is 1.33. The van der Waals surface area contributed by atoms with E-state index in [1.165, 1.54) is 19.2 Å². The van der Waals surface area contributed by atoms with Gasteiger partial charge >= 0.3 is 0 Å². The zero-order valence-electron chi connectivity index (χ0n) is 19.3. The Hall–Kier alpha value is -4.03. The number of nitrogens with one attached hydrogen (secondary N) is 3. The number of morpholine rings is 1. The molecule has 2 aliphatic rings. The maximum absolute atomic E-state index is 5.50. The van der Waals surface area contributed by atoms with Crippen molar-refractivity contribution in [2.75, 3.05) is 48.4 Å². The summed E-state index contributed by atoms with van der Waals surface area (Å²) >= 11 is 0. The molecule has 0 atom stereocenters. The van der Waals surface area contributed by atoms with Crippen molar-refractivity contribution < 1.29 is 9.57 Å². The fraction of sp³-hybridized carbons (Fsp3) is 0.348. The molecule has 2 fully saturated rings. The van der Waals surface area contributed by atoms with Gasteiger partial charge in [-0.2, -0.15) is 21.0 Å². The largest absolute Gasteiger partial charge is 0.414 e. The molecule has 3 aromatic heterocycles. The first-order chi connectivity index (χ1) is 17.2. The molecule has 1 saturated carbocycles. The van der Waals surface area contributed by atoms with Crippen LogP contribution in [0.3, 0.4) is 0 Å². The van der Waals surface area contributed by atoms with Gasteiger partial charge in [-0.25, -0.2) is 9.97 Å². The molecule has 35 heavy (non-hydrogen) atoms. The molecular weight excluding hydrogens is 448 g/mol. The zero-order valence-corrected chi connectivity index (χ0v) is 19.3. The van der Waals surface area contributed by atoms with Crippen molar-refractivity contribution in [2.45, 2.75) is 18.8 Å². The number of aromatic nitrogens is 6. The van der Waals surface area contributed by atoms with Crippen LogP contribution in [0.25, 0.3) is 5.57 Å². The van der Waals surface area contributed by atoms with Crippen molar-refractivity contribution in [3.05, 3.63) is 60.5 Å². The van der Waals surface area contributed by atoms with Crippen molar-refractivity contribution >= 4 is 29.0 Å². The molecule has 0 amide bonds. The van der Waals surface area contributed by atoms with Crippen molar-refractivity contribution in [1.29, 1.82) is 0 Å². The van der Waals surface area contributed by atoms with Gasteiger partial charge in [0.15, 0.2) is 5.82 Å². The molecule has 12 heteroatoms. The van der Waals surface area contributed by atoms with Crippen molar-refractivity contribution in [3.63, 3.8) is 0 Å². The smallest absolute Gasteiger partial charge is 0.227 e.